The number of aliphatic hydroxyl groups excluding tert-OH is 4. The fraction of sp³-hybridized carbons (Fsp3) is 0.864. The van der Waals surface area contributed by atoms with Crippen LogP contribution in [0.5, 0.6) is 0 Å². The van der Waals surface area contributed by atoms with Gasteiger partial charge in [0.1, 0.15) is 23.8 Å². The average Bonchev–Trinajstić information content (AvgIpc) is 3.78. The van der Waals surface area contributed by atoms with E-state index in [2.05, 4.69) is 60.0 Å². The number of carbonyl (C=O) groups excluding carboxylic acids is 4. The van der Waals surface area contributed by atoms with Gasteiger partial charge in [0.2, 0.25) is 0 Å². The first-order valence-corrected chi connectivity index (χ1v) is 30.5. The summed E-state index contributed by atoms with van der Waals surface area (Å²) < 4.78 is 12.7. The molecule has 14 heteroatoms. The molecule has 0 aliphatic heterocycles. The molecule has 8 saturated carbocycles. The molecule has 0 radical (unpaired) electrons. The fourth-order valence-corrected chi connectivity index (χ4v) is 19.1. The molecule has 14 unspecified atom stereocenters. The van der Waals surface area contributed by atoms with E-state index in [0.29, 0.717) is 38.1 Å². The Balaban J connectivity index is 0.000000214. The molecule has 0 aromatic carbocycles. The minimum Gasteiger partial charge on any atom is -0.461 e. The number of carbonyl (C=O) groups is 4. The van der Waals surface area contributed by atoms with E-state index in [0.717, 1.165) is 83.5 Å². The maximum absolute atomic E-state index is 13.5. The molecular formula is C59H96N2O10S2. The molecule has 8 aliphatic rings. The Morgan fingerprint density at radius 2 is 1.01 bits per heavy atom. The first kappa shape index (κ1) is 58.9. The molecule has 12 nitrogen and oxygen atoms in total. The standard InChI is InChI=1S/C30H49NO5S.C29H47NO5S/c1-7-28(4)16-24(36-25(34)17-37-23-11-9-20(31-6)8-10-21(23)32)29(5)18(2)12-14-30(19(3)27(28)35)15-13-22(33)26(29)30;1-6-27(4)15-23(35-24(33)16-36-22-10-8-19(30)7-9-20(22)31)28(5)17(2)11-13-29(18(3)26(27)34)14-12-21(32)25(28)29/h7,18-21,23-24,26-27,31-32,35H,1,8-17H2,2-6H3;6,17-20,22-23,25-26,31,34H,1,7-16,30H2,2-5H3/t18?,19-,20?,21?,23?,24+,26?,27?,28+,29-,30?;17?,18-,19?,20?,22?,23+,25?,26?,27+,28-,29?/m00/s1. The van der Waals surface area contributed by atoms with Crippen molar-refractivity contribution in [3.05, 3.63) is 25.3 Å². The number of rotatable bonds is 11. The van der Waals surface area contributed by atoms with Crippen molar-refractivity contribution in [2.45, 2.75) is 230 Å². The summed E-state index contributed by atoms with van der Waals surface area (Å²) in [6.07, 6.45) is 14.4. The number of ether oxygens (including phenoxy) is 2. The number of nitrogens with two attached hydrogens (primary N) is 1. The third-order valence-corrected chi connectivity index (χ3v) is 25.3. The van der Waals surface area contributed by atoms with E-state index in [1.54, 1.807) is 0 Å². The Morgan fingerprint density at radius 3 is 1.42 bits per heavy atom. The van der Waals surface area contributed by atoms with Crippen LogP contribution in [0.15, 0.2) is 25.3 Å². The molecule has 0 amide bonds. The quantitative estimate of drug-likeness (QED) is 0.0651. The van der Waals surface area contributed by atoms with Crippen molar-refractivity contribution < 1.29 is 49.1 Å². The summed E-state index contributed by atoms with van der Waals surface area (Å²) in [4.78, 5) is 53.7. The highest BCUT2D eigenvalue weighted by atomic mass is 32.2. The lowest BCUT2D eigenvalue weighted by Gasteiger charge is -2.61. The summed E-state index contributed by atoms with van der Waals surface area (Å²) in [5.41, 5.74) is 3.29. The predicted molar refractivity (Wildman–Crippen MR) is 292 cm³/mol. The smallest absolute Gasteiger partial charge is 0.316 e. The van der Waals surface area contributed by atoms with Crippen molar-refractivity contribution in [1.82, 2.24) is 5.32 Å². The lowest BCUT2D eigenvalue weighted by molar-refractivity contribution is -0.205. The molecule has 0 aromatic heterocycles. The summed E-state index contributed by atoms with van der Waals surface area (Å²) in [7, 11) is 1.96. The van der Waals surface area contributed by atoms with Gasteiger partial charge >= 0.3 is 11.9 Å². The van der Waals surface area contributed by atoms with Crippen LogP contribution in [-0.4, -0.2) is 122 Å². The highest BCUT2D eigenvalue weighted by Crippen LogP contribution is 2.70. The maximum Gasteiger partial charge on any atom is 0.316 e. The van der Waals surface area contributed by atoms with E-state index >= 15 is 0 Å². The third kappa shape index (κ3) is 10.8. The van der Waals surface area contributed by atoms with Crippen LogP contribution < -0.4 is 11.1 Å². The molecule has 22 atom stereocenters. The number of thioether (sulfide) groups is 2. The van der Waals surface area contributed by atoms with Gasteiger partial charge in [-0.2, -0.15) is 0 Å². The van der Waals surface area contributed by atoms with E-state index in [9.17, 15) is 39.6 Å². The van der Waals surface area contributed by atoms with Gasteiger partial charge in [-0.3, -0.25) is 19.2 Å². The van der Waals surface area contributed by atoms with Crippen LogP contribution >= 0.6 is 23.5 Å². The molecule has 414 valence electrons. The lowest BCUT2D eigenvalue weighted by Crippen LogP contribution is -2.63. The van der Waals surface area contributed by atoms with Crippen molar-refractivity contribution in [3.8, 4) is 0 Å². The van der Waals surface area contributed by atoms with E-state index in [1.807, 2.05) is 33.0 Å². The van der Waals surface area contributed by atoms with Gasteiger partial charge in [-0.1, -0.05) is 67.5 Å². The van der Waals surface area contributed by atoms with Gasteiger partial charge in [-0.05, 0) is 144 Å². The van der Waals surface area contributed by atoms with Gasteiger partial charge in [-0.25, -0.2) is 0 Å². The van der Waals surface area contributed by atoms with Crippen molar-refractivity contribution in [3.63, 3.8) is 0 Å². The zero-order valence-corrected chi connectivity index (χ0v) is 47.7. The average molecular weight is 1060 g/mol. The van der Waals surface area contributed by atoms with Crippen LogP contribution in [-0.2, 0) is 28.7 Å². The molecule has 8 aliphatic carbocycles. The fourth-order valence-electron chi connectivity index (χ4n) is 17.0. The number of Topliss-reactive ketones (excluding diaryl/α,β-unsaturated/α-hetero) is 2. The monoisotopic (exact) mass is 1060 g/mol. The van der Waals surface area contributed by atoms with Crippen molar-refractivity contribution in [2.75, 3.05) is 18.6 Å². The van der Waals surface area contributed by atoms with Crippen LogP contribution in [0.2, 0.25) is 0 Å². The van der Waals surface area contributed by atoms with Crippen LogP contribution in [0.25, 0.3) is 0 Å². The van der Waals surface area contributed by atoms with Crippen LogP contribution in [0.1, 0.15) is 171 Å². The second-order valence-corrected chi connectivity index (χ2v) is 28.5. The molecule has 8 rings (SSSR count). The maximum atomic E-state index is 13.5. The molecule has 7 N–H and O–H groups in total. The zero-order valence-electron chi connectivity index (χ0n) is 46.1. The molecule has 73 heavy (non-hydrogen) atoms. The van der Waals surface area contributed by atoms with Crippen LogP contribution in [0.4, 0.5) is 0 Å². The summed E-state index contributed by atoms with van der Waals surface area (Å²) in [6, 6.07) is 0.513. The Bertz CT molecular complexity index is 2030. The van der Waals surface area contributed by atoms with Crippen molar-refractivity contribution >= 4 is 47.0 Å². The van der Waals surface area contributed by atoms with E-state index in [-0.39, 0.29) is 97.9 Å². The topological polar surface area (TPSA) is 206 Å². The van der Waals surface area contributed by atoms with Crippen molar-refractivity contribution in [2.24, 2.45) is 73.7 Å². The van der Waals surface area contributed by atoms with Gasteiger partial charge in [0.15, 0.2) is 0 Å². The van der Waals surface area contributed by atoms with Gasteiger partial charge < -0.3 is 41.0 Å². The second-order valence-electron chi connectivity index (χ2n) is 26.0. The normalized spacial score (nSPS) is 48.8. The van der Waals surface area contributed by atoms with Gasteiger partial charge in [-0.15, -0.1) is 36.7 Å². The summed E-state index contributed by atoms with van der Waals surface area (Å²) >= 11 is 2.96. The second kappa shape index (κ2) is 22.9. The highest BCUT2D eigenvalue weighted by Gasteiger charge is 2.70. The van der Waals surface area contributed by atoms with E-state index < -0.39 is 58.3 Å². The molecule has 0 spiro atoms. The number of hydrogen-bond acceptors (Lipinski definition) is 14. The van der Waals surface area contributed by atoms with Crippen LogP contribution in [0.3, 0.4) is 0 Å². The lowest BCUT2D eigenvalue weighted by atomic mass is 9.44. The van der Waals surface area contributed by atoms with Crippen LogP contribution in [0, 0.1) is 68.0 Å². The summed E-state index contributed by atoms with van der Waals surface area (Å²) in [5.74, 6) is 0.191. The largest absolute Gasteiger partial charge is 0.461 e. The summed E-state index contributed by atoms with van der Waals surface area (Å²) in [6.45, 7) is 25.2. The van der Waals surface area contributed by atoms with Gasteiger partial charge in [0.05, 0.1) is 35.9 Å². The SMILES string of the molecule is C=C[C@]1(C)C[C@@H](OC(=O)CSC2CCC(N)CCC2O)[C@]2(C)C(C)CCC3(CCC(=O)C32)[C@@H](C)C1O.C=C[C@]1(C)C[C@@H](OC(=O)CSC2CCC(NC)CCC2O)[C@]2(C)C(C)CCC3(CCC(=O)C32)[C@@H](C)C1O. The Kier molecular flexibility index (Phi) is 18.5. The molecule has 0 aromatic rings. The molecule has 8 fully saturated rings. The van der Waals surface area contributed by atoms with Gasteiger partial charge in [0.25, 0.3) is 0 Å². The molecule has 0 saturated heterocycles. The van der Waals surface area contributed by atoms with Crippen molar-refractivity contribution in [1.29, 1.82) is 0 Å². The minimum atomic E-state index is -0.665. The first-order chi connectivity index (χ1) is 34.3. The van der Waals surface area contributed by atoms with E-state index in [4.69, 9.17) is 15.2 Å². The Labute approximate surface area is 447 Å². The minimum absolute atomic E-state index is 0.0117. The highest BCUT2D eigenvalue weighted by molar-refractivity contribution is 8.00. The number of nitrogens with one attached hydrogen (secondary N) is 1. The first-order valence-electron chi connectivity index (χ1n) is 28.4. The number of aliphatic hydroxyl groups is 4. The number of esters is 2. The molecule has 4 bridgehead atoms. The Morgan fingerprint density at radius 1 is 0.630 bits per heavy atom. The van der Waals surface area contributed by atoms with E-state index in [1.165, 1.54) is 23.5 Å². The third-order valence-electron chi connectivity index (χ3n) is 22.5. The summed E-state index contributed by atoms with van der Waals surface area (Å²) in [5, 5.41) is 47.8. The van der Waals surface area contributed by atoms with Gasteiger partial charge in [0, 0.05) is 68.9 Å². The predicted octanol–water partition coefficient (Wildman–Crippen LogP) is 8.77. The molecule has 0 heterocycles. The molecular weight excluding hydrogens is 961 g/mol. The Hall–Kier alpha value is -1.78. The zero-order chi connectivity index (χ0) is 53.6. The number of hydrogen-bond donors (Lipinski definition) is 6. The number of ketones is 2.